The van der Waals surface area contributed by atoms with Crippen LogP contribution in [0, 0.1) is 0 Å². The number of aliphatic hydroxyl groups is 1. The summed E-state index contributed by atoms with van der Waals surface area (Å²) in [5.74, 6) is -0.273. The molecule has 0 saturated heterocycles. The fourth-order valence-corrected chi connectivity index (χ4v) is 1.29. The van der Waals surface area contributed by atoms with Crippen LogP contribution in [0.2, 0.25) is 0 Å². The van der Waals surface area contributed by atoms with E-state index >= 15 is 0 Å². The zero-order chi connectivity index (χ0) is 14.5. The van der Waals surface area contributed by atoms with Crippen molar-refractivity contribution in [3.05, 3.63) is 47.9 Å². The zero-order valence-electron chi connectivity index (χ0n) is 11.6. The lowest BCUT2D eigenvalue weighted by Crippen LogP contribution is -2.22. The Morgan fingerprint density at radius 3 is 2.84 bits per heavy atom. The third-order valence-corrected chi connectivity index (χ3v) is 2.42. The minimum Gasteiger partial charge on any atom is -0.386 e. The number of amides is 1. The summed E-state index contributed by atoms with van der Waals surface area (Å²) in [7, 11) is 0. The van der Waals surface area contributed by atoms with Gasteiger partial charge in [0.1, 0.15) is 5.69 Å². The molecule has 0 saturated carbocycles. The van der Waals surface area contributed by atoms with Crippen LogP contribution in [0.5, 0.6) is 0 Å². The SMILES string of the molecule is C=C(CC)NC(=O)c1cc(/C=C/C(C)(C)O)ccn1. The van der Waals surface area contributed by atoms with Crippen LogP contribution in [0.15, 0.2) is 36.7 Å². The second-order valence-electron chi connectivity index (χ2n) is 4.87. The number of nitrogens with zero attached hydrogens (tertiary/aromatic N) is 1. The van der Waals surface area contributed by atoms with Gasteiger partial charge in [-0.25, -0.2) is 0 Å². The predicted molar refractivity (Wildman–Crippen MR) is 76.5 cm³/mol. The second-order valence-corrected chi connectivity index (χ2v) is 4.87. The van der Waals surface area contributed by atoms with E-state index in [0.29, 0.717) is 17.8 Å². The van der Waals surface area contributed by atoms with Gasteiger partial charge < -0.3 is 10.4 Å². The average Bonchev–Trinajstić information content (AvgIpc) is 2.35. The lowest BCUT2D eigenvalue weighted by Gasteiger charge is -2.10. The summed E-state index contributed by atoms with van der Waals surface area (Å²) in [5, 5.41) is 12.3. The van der Waals surface area contributed by atoms with E-state index in [1.54, 1.807) is 44.3 Å². The summed E-state index contributed by atoms with van der Waals surface area (Å²) in [5.41, 5.74) is 0.906. The van der Waals surface area contributed by atoms with Gasteiger partial charge >= 0.3 is 0 Å². The predicted octanol–water partition coefficient (Wildman–Crippen LogP) is 2.52. The van der Waals surface area contributed by atoms with E-state index in [-0.39, 0.29) is 5.91 Å². The van der Waals surface area contributed by atoms with Crippen molar-refractivity contribution in [2.45, 2.75) is 32.8 Å². The number of hydrogen-bond acceptors (Lipinski definition) is 3. The van der Waals surface area contributed by atoms with Crippen LogP contribution in [0.4, 0.5) is 0 Å². The van der Waals surface area contributed by atoms with Gasteiger partial charge in [-0.15, -0.1) is 0 Å². The Bertz CT molecular complexity index is 499. The van der Waals surface area contributed by atoms with Gasteiger partial charge in [-0.2, -0.15) is 0 Å². The third-order valence-electron chi connectivity index (χ3n) is 2.42. The highest BCUT2D eigenvalue weighted by molar-refractivity contribution is 5.93. The van der Waals surface area contributed by atoms with Crippen LogP contribution in [0.25, 0.3) is 6.08 Å². The molecule has 0 aromatic carbocycles. The Labute approximate surface area is 113 Å². The smallest absolute Gasteiger partial charge is 0.273 e. The van der Waals surface area contributed by atoms with E-state index in [2.05, 4.69) is 16.9 Å². The highest BCUT2D eigenvalue weighted by Crippen LogP contribution is 2.10. The molecule has 0 aliphatic heterocycles. The van der Waals surface area contributed by atoms with Crippen molar-refractivity contribution in [2.24, 2.45) is 0 Å². The van der Waals surface area contributed by atoms with Gasteiger partial charge in [-0.1, -0.05) is 25.7 Å². The largest absolute Gasteiger partial charge is 0.386 e. The van der Waals surface area contributed by atoms with Crippen molar-refractivity contribution in [2.75, 3.05) is 0 Å². The Kier molecular flexibility index (Phi) is 5.01. The van der Waals surface area contributed by atoms with E-state index in [9.17, 15) is 9.90 Å². The summed E-state index contributed by atoms with van der Waals surface area (Å²) in [6.45, 7) is 9.01. The van der Waals surface area contributed by atoms with E-state index in [0.717, 1.165) is 5.56 Å². The van der Waals surface area contributed by atoms with Gasteiger partial charge in [-0.05, 0) is 38.0 Å². The first-order chi connectivity index (χ1) is 8.81. The minimum atomic E-state index is -0.887. The van der Waals surface area contributed by atoms with Gasteiger partial charge in [0.2, 0.25) is 0 Å². The van der Waals surface area contributed by atoms with Gasteiger partial charge in [0.05, 0.1) is 5.60 Å². The first-order valence-electron chi connectivity index (χ1n) is 6.18. The quantitative estimate of drug-likeness (QED) is 0.855. The second kappa shape index (κ2) is 6.29. The molecule has 0 aliphatic rings. The number of aromatic nitrogens is 1. The first-order valence-corrected chi connectivity index (χ1v) is 6.18. The summed E-state index contributed by atoms with van der Waals surface area (Å²) in [6, 6.07) is 3.44. The lowest BCUT2D eigenvalue weighted by molar-refractivity contribution is 0.0960. The Balaban J connectivity index is 2.85. The number of hydrogen-bond donors (Lipinski definition) is 2. The monoisotopic (exact) mass is 260 g/mol. The fourth-order valence-electron chi connectivity index (χ4n) is 1.29. The number of allylic oxidation sites excluding steroid dienone is 1. The molecule has 0 atom stereocenters. The van der Waals surface area contributed by atoms with Crippen molar-refractivity contribution in [3.63, 3.8) is 0 Å². The van der Waals surface area contributed by atoms with Gasteiger partial charge in [0.25, 0.3) is 5.91 Å². The summed E-state index contributed by atoms with van der Waals surface area (Å²) in [4.78, 5) is 15.9. The number of nitrogens with one attached hydrogen (secondary N) is 1. The fraction of sp³-hybridized carbons (Fsp3) is 0.333. The van der Waals surface area contributed by atoms with Crippen LogP contribution in [0.1, 0.15) is 43.2 Å². The maximum atomic E-state index is 11.9. The Morgan fingerprint density at radius 2 is 2.26 bits per heavy atom. The van der Waals surface area contributed by atoms with Gasteiger partial charge in [-0.3, -0.25) is 9.78 Å². The summed E-state index contributed by atoms with van der Waals surface area (Å²) in [6.07, 6.45) is 5.67. The molecule has 0 radical (unpaired) electrons. The molecule has 1 aromatic heterocycles. The van der Waals surface area contributed by atoms with Crippen molar-refractivity contribution >= 4 is 12.0 Å². The molecule has 0 spiro atoms. The Morgan fingerprint density at radius 1 is 1.58 bits per heavy atom. The number of rotatable bonds is 5. The van der Waals surface area contributed by atoms with Crippen molar-refractivity contribution in [1.29, 1.82) is 0 Å². The Hall–Kier alpha value is -1.94. The number of carbonyl (C=O) groups is 1. The molecular formula is C15H20N2O2. The lowest BCUT2D eigenvalue weighted by atomic mass is 10.1. The van der Waals surface area contributed by atoms with E-state index in [4.69, 9.17) is 0 Å². The van der Waals surface area contributed by atoms with Crippen LogP contribution in [-0.2, 0) is 0 Å². The molecule has 4 nitrogen and oxygen atoms in total. The minimum absolute atomic E-state index is 0.273. The zero-order valence-corrected chi connectivity index (χ0v) is 11.6. The maximum absolute atomic E-state index is 11.9. The molecule has 2 N–H and O–H groups in total. The van der Waals surface area contributed by atoms with Crippen molar-refractivity contribution in [3.8, 4) is 0 Å². The molecule has 1 aromatic rings. The maximum Gasteiger partial charge on any atom is 0.273 e. The molecule has 102 valence electrons. The van der Waals surface area contributed by atoms with Crippen molar-refractivity contribution in [1.82, 2.24) is 10.3 Å². The van der Waals surface area contributed by atoms with E-state index < -0.39 is 5.60 Å². The molecule has 4 heteroatoms. The molecule has 0 bridgehead atoms. The van der Waals surface area contributed by atoms with Gasteiger partial charge in [0, 0.05) is 11.9 Å². The first kappa shape index (κ1) is 15.1. The number of carbonyl (C=O) groups excluding carboxylic acids is 1. The highest BCUT2D eigenvalue weighted by Gasteiger charge is 2.09. The molecule has 1 heterocycles. The van der Waals surface area contributed by atoms with Crippen LogP contribution in [-0.4, -0.2) is 21.6 Å². The molecule has 0 fully saturated rings. The standard InChI is InChI=1S/C15H20N2O2/c1-5-11(2)17-14(18)13-10-12(7-9-16-13)6-8-15(3,4)19/h6-10,19H,2,5H2,1,3-4H3,(H,17,18)/b8-6+. The van der Waals surface area contributed by atoms with Crippen LogP contribution in [0.3, 0.4) is 0 Å². The average molecular weight is 260 g/mol. The van der Waals surface area contributed by atoms with E-state index in [1.807, 2.05) is 6.92 Å². The summed E-state index contributed by atoms with van der Waals surface area (Å²) < 4.78 is 0. The molecular weight excluding hydrogens is 240 g/mol. The third kappa shape index (κ3) is 5.48. The van der Waals surface area contributed by atoms with Crippen molar-refractivity contribution < 1.29 is 9.90 Å². The molecule has 19 heavy (non-hydrogen) atoms. The normalized spacial score (nSPS) is 11.6. The van der Waals surface area contributed by atoms with Crippen LogP contribution < -0.4 is 5.32 Å². The molecule has 1 amide bonds. The van der Waals surface area contributed by atoms with E-state index in [1.165, 1.54) is 0 Å². The van der Waals surface area contributed by atoms with Crippen LogP contribution >= 0.6 is 0 Å². The topological polar surface area (TPSA) is 62.2 Å². The number of pyridine rings is 1. The molecule has 1 rings (SSSR count). The summed E-state index contributed by atoms with van der Waals surface area (Å²) >= 11 is 0. The highest BCUT2D eigenvalue weighted by atomic mass is 16.3. The molecule has 0 unspecified atom stereocenters. The molecule has 0 aliphatic carbocycles. The van der Waals surface area contributed by atoms with Gasteiger partial charge in [0.15, 0.2) is 0 Å².